The number of rotatable bonds is 12. The van der Waals surface area contributed by atoms with E-state index in [2.05, 4.69) is 48.8 Å². The number of anilines is 1. The van der Waals surface area contributed by atoms with Gasteiger partial charge in [-0.2, -0.15) is 0 Å². The molecule has 1 aliphatic heterocycles. The highest BCUT2D eigenvalue weighted by Crippen LogP contribution is 2.45. The molecule has 3 aliphatic rings. The van der Waals surface area contributed by atoms with Crippen molar-refractivity contribution in [1.29, 1.82) is 0 Å². The minimum Gasteiger partial charge on any atom is -0.457 e. The first-order valence-corrected chi connectivity index (χ1v) is 19.7. The maximum Gasteiger partial charge on any atom is 0.259 e. The van der Waals surface area contributed by atoms with E-state index < -0.39 is 50.6 Å². The van der Waals surface area contributed by atoms with Crippen LogP contribution in [0.2, 0.25) is 5.02 Å². The lowest BCUT2D eigenvalue weighted by molar-refractivity contribution is -0.144. The molecule has 2 fully saturated rings. The summed E-state index contributed by atoms with van der Waals surface area (Å²) in [5.74, 6) is -1.15. The summed E-state index contributed by atoms with van der Waals surface area (Å²) in [5, 5.41) is 6.26. The first-order valence-electron chi connectivity index (χ1n) is 17.7. The van der Waals surface area contributed by atoms with Crippen molar-refractivity contribution in [2.45, 2.75) is 95.1 Å². The van der Waals surface area contributed by atoms with E-state index in [-0.39, 0.29) is 36.6 Å². The molecule has 1 heterocycles. The van der Waals surface area contributed by atoms with Gasteiger partial charge in [0.15, 0.2) is 0 Å². The fourth-order valence-electron chi connectivity index (χ4n) is 6.72. The van der Waals surface area contributed by atoms with E-state index in [1.165, 1.54) is 0 Å². The Kier molecular flexibility index (Phi) is 10.2. The molecule has 3 N–H and O–H groups in total. The zero-order valence-corrected chi connectivity index (χ0v) is 31.8. The van der Waals surface area contributed by atoms with E-state index in [4.69, 9.17) is 16.3 Å². The van der Waals surface area contributed by atoms with Gasteiger partial charge in [-0.3, -0.25) is 19.1 Å². The Bertz CT molecular complexity index is 2010. The third kappa shape index (κ3) is 8.00. The molecule has 52 heavy (non-hydrogen) atoms. The predicted octanol–water partition coefficient (Wildman–Crippen LogP) is 6.49. The van der Waals surface area contributed by atoms with Crippen molar-refractivity contribution in [3.63, 3.8) is 0 Å². The van der Waals surface area contributed by atoms with E-state index >= 15 is 0 Å². The van der Waals surface area contributed by atoms with Crippen LogP contribution in [0.1, 0.15) is 70.6 Å². The molecule has 3 aromatic carbocycles. The third-order valence-corrected chi connectivity index (χ3v) is 12.2. The Labute approximate surface area is 311 Å². The molecule has 3 aromatic rings. The van der Waals surface area contributed by atoms with Gasteiger partial charge >= 0.3 is 0 Å². The lowest BCUT2D eigenvalue weighted by Gasteiger charge is -2.39. The topological polar surface area (TPSA) is 134 Å². The highest BCUT2D eigenvalue weighted by molar-refractivity contribution is 7.91. The molecule has 10 nitrogen and oxygen atoms in total. The molecule has 3 amide bonds. The summed E-state index contributed by atoms with van der Waals surface area (Å²) in [6.07, 6.45) is 2.86. The molecular weight excluding hydrogens is 700 g/mol. The van der Waals surface area contributed by atoms with E-state index in [0.717, 1.165) is 22.4 Å². The third-order valence-electron chi connectivity index (χ3n) is 10.2. The Hall–Kier alpha value is -4.35. The highest BCUT2D eigenvalue weighted by atomic mass is 35.5. The SMILES string of the molecule is C=C[C@@H]1C[C@]1(NC(=O)C1Cc2cc(Oc3cccc(Cl)c3)ccc2CN1C(=O)C(Nc1cccc(C(C)(C)C)c1)C(C)C)C(=O)NS(=O)(=O)C1CC1. The minimum absolute atomic E-state index is 0.101. The fraction of sp³-hybridized carbons (Fsp3) is 0.425. The second kappa shape index (κ2) is 14.2. The lowest BCUT2D eigenvalue weighted by atomic mass is 9.87. The number of hydrogen-bond donors (Lipinski definition) is 3. The van der Waals surface area contributed by atoms with Crippen molar-refractivity contribution in [1.82, 2.24) is 14.9 Å². The van der Waals surface area contributed by atoms with Gasteiger partial charge in [-0.15, -0.1) is 6.58 Å². The van der Waals surface area contributed by atoms with Gasteiger partial charge in [0, 0.05) is 29.6 Å². The summed E-state index contributed by atoms with van der Waals surface area (Å²) in [6.45, 7) is 14.2. The molecule has 0 spiro atoms. The predicted molar refractivity (Wildman–Crippen MR) is 203 cm³/mol. The number of fused-ring (bicyclic) bond motifs is 1. The van der Waals surface area contributed by atoms with Crippen LogP contribution < -0.4 is 20.1 Å². The molecule has 12 heteroatoms. The molecule has 4 atom stereocenters. The summed E-state index contributed by atoms with van der Waals surface area (Å²) >= 11 is 6.17. The quantitative estimate of drug-likeness (QED) is 0.181. The van der Waals surface area contributed by atoms with Crippen molar-refractivity contribution >= 4 is 45.0 Å². The number of hydrogen-bond acceptors (Lipinski definition) is 7. The molecule has 0 radical (unpaired) electrons. The largest absolute Gasteiger partial charge is 0.457 e. The second-order valence-corrected chi connectivity index (χ2v) is 18.0. The summed E-state index contributed by atoms with van der Waals surface area (Å²) in [5.41, 5.74) is 1.97. The van der Waals surface area contributed by atoms with Crippen molar-refractivity contribution in [2.75, 3.05) is 5.32 Å². The van der Waals surface area contributed by atoms with Gasteiger partial charge in [0.05, 0.1) is 5.25 Å². The molecule has 0 aromatic heterocycles. The summed E-state index contributed by atoms with van der Waals surface area (Å²) in [6, 6.07) is 18.9. The van der Waals surface area contributed by atoms with Crippen molar-refractivity contribution < 1.29 is 27.5 Å². The zero-order valence-electron chi connectivity index (χ0n) is 30.2. The monoisotopic (exact) mass is 746 g/mol. The Morgan fingerprint density at radius 3 is 2.35 bits per heavy atom. The molecule has 276 valence electrons. The van der Waals surface area contributed by atoms with Crippen LogP contribution in [0.25, 0.3) is 0 Å². The van der Waals surface area contributed by atoms with E-state index in [1.54, 1.807) is 35.2 Å². The summed E-state index contributed by atoms with van der Waals surface area (Å²) in [7, 11) is -3.86. The number of halogens is 1. The van der Waals surface area contributed by atoms with Crippen LogP contribution >= 0.6 is 11.6 Å². The second-order valence-electron chi connectivity index (χ2n) is 15.6. The number of amides is 3. The fourth-order valence-corrected chi connectivity index (χ4v) is 8.27. The van der Waals surface area contributed by atoms with E-state index in [9.17, 15) is 22.8 Å². The van der Waals surface area contributed by atoms with Crippen molar-refractivity contribution in [3.8, 4) is 11.5 Å². The number of carbonyl (C=O) groups is 3. The van der Waals surface area contributed by atoms with Crippen LogP contribution in [0.5, 0.6) is 11.5 Å². The molecule has 2 saturated carbocycles. The van der Waals surface area contributed by atoms with Gasteiger partial charge in [0.2, 0.25) is 21.8 Å². The van der Waals surface area contributed by atoms with Gasteiger partial charge in [0.1, 0.15) is 29.1 Å². The normalized spacial score (nSPS) is 21.8. The van der Waals surface area contributed by atoms with Gasteiger partial charge in [0.25, 0.3) is 5.91 Å². The number of benzene rings is 3. The van der Waals surface area contributed by atoms with Gasteiger partial charge in [-0.1, -0.05) is 76.6 Å². The number of ether oxygens (including phenoxy) is 1. The molecule has 2 aliphatic carbocycles. The first-order chi connectivity index (χ1) is 24.5. The van der Waals surface area contributed by atoms with Crippen molar-refractivity contribution in [3.05, 3.63) is 101 Å². The van der Waals surface area contributed by atoms with E-state index in [0.29, 0.717) is 29.4 Å². The average Bonchev–Trinajstić information content (AvgIpc) is 4.02. The van der Waals surface area contributed by atoms with Crippen LogP contribution in [-0.2, 0) is 42.8 Å². The Balaban J connectivity index is 1.32. The maximum absolute atomic E-state index is 14.7. The van der Waals surface area contributed by atoms with Crippen LogP contribution in [0, 0.1) is 11.8 Å². The smallest absolute Gasteiger partial charge is 0.259 e. The van der Waals surface area contributed by atoms with Crippen LogP contribution in [0.3, 0.4) is 0 Å². The highest BCUT2D eigenvalue weighted by Gasteiger charge is 2.61. The maximum atomic E-state index is 14.7. The summed E-state index contributed by atoms with van der Waals surface area (Å²) < 4.78 is 33.8. The van der Waals surface area contributed by atoms with Gasteiger partial charge in [-0.05, 0) is 89.8 Å². The Morgan fingerprint density at radius 1 is 1.00 bits per heavy atom. The molecule has 6 rings (SSSR count). The van der Waals surface area contributed by atoms with E-state index in [1.807, 2.05) is 50.2 Å². The first kappa shape index (κ1) is 37.4. The number of nitrogens with zero attached hydrogens (tertiary/aromatic N) is 1. The Morgan fingerprint density at radius 2 is 1.71 bits per heavy atom. The van der Waals surface area contributed by atoms with Crippen molar-refractivity contribution in [2.24, 2.45) is 11.8 Å². The number of nitrogens with one attached hydrogen (secondary N) is 3. The van der Waals surface area contributed by atoms with Crippen LogP contribution in [0.15, 0.2) is 79.4 Å². The van der Waals surface area contributed by atoms with Gasteiger partial charge in [-0.25, -0.2) is 8.42 Å². The average molecular weight is 747 g/mol. The van der Waals surface area contributed by atoms with Crippen LogP contribution in [0.4, 0.5) is 5.69 Å². The minimum atomic E-state index is -3.86. The zero-order chi connectivity index (χ0) is 37.6. The molecular formula is C40H47ClN4O6S. The summed E-state index contributed by atoms with van der Waals surface area (Å²) in [4.78, 5) is 44.2. The number of carbonyl (C=O) groups excluding carboxylic acids is 3. The molecule has 0 bridgehead atoms. The lowest BCUT2D eigenvalue weighted by Crippen LogP contribution is -2.61. The molecule has 0 saturated heterocycles. The number of sulfonamides is 1. The standard InChI is InChI=1S/C40H47ClN4O6S/c1-7-27-22-40(27,38(48)44-52(49,50)33-16-17-33)43-36(46)34-19-26-18-32(51-31-13-9-11-29(41)21-31)15-14-25(26)23-45(34)37(47)35(24(2)3)42-30-12-8-10-28(20-30)39(4,5)6/h7-15,18,20-21,24,27,33-35,42H,1,16-17,19,22-23H2,2-6H3,(H,43,46)(H,44,48)/t27-,34?,35?,40-/m1/s1. The molecule has 2 unspecified atom stereocenters. The van der Waals surface area contributed by atoms with Gasteiger partial charge < -0.3 is 20.3 Å². The van der Waals surface area contributed by atoms with Crippen LogP contribution in [-0.4, -0.2) is 53.9 Å².